The maximum Gasteiger partial charge on any atom is 0.302 e. The Labute approximate surface area is 99.0 Å². The van der Waals surface area contributed by atoms with Crippen LogP contribution < -0.4 is 0 Å². The molecule has 16 heavy (non-hydrogen) atoms. The quantitative estimate of drug-likeness (QED) is 0.567. The Morgan fingerprint density at radius 3 is 2.56 bits per heavy atom. The molecule has 3 atom stereocenters. The predicted molar refractivity (Wildman–Crippen MR) is 66.1 cm³/mol. The third kappa shape index (κ3) is 2.59. The van der Waals surface area contributed by atoms with Crippen molar-refractivity contribution in [2.45, 2.75) is 52.0 Å². The standard InChI is InChI=1S/C12H23BO3/c1-8(14)16-7-9-11(2,3)10(13)5-6-12(9,4)15/h9-10,15H,5-7,13H2,1-4H3/t9-,10-,12-/m0/s1. The lowest BCUT2D eigenvalue weighted by Crippen LogP contribution is -2.51. The third-order valence-electron chi connectivity index (χ3n) is 4.46. The summed E-state index contributed by atoms with van der Waals surface area (Å²) < 4.78 is 5.10. The van der Waals surface area contributed by atoms with Crippen LogP contribution in [0.15, 0.2) is 0 Å². The Morgan fingerprint density at radius 2 is 2.06 bits per heavy atom. The van der Waals surface area contributed by atoms with Gasteiger partial charge in [-0.2, -0.15) is 0 Å². The molecule has 0 unspecified atom stereocenters. The molecule has 0 radical (unpaired) electrons. The lowest BCUT2D eigenvalue weighted by Gasteiger charge is -2.51. The molecule has 3 nitrogen and oxygen atoms in total. The highest BCUT2D eigenvalue weighted by atomic mass is 16.5. The highest BCUT2D eigenvalue weighted by Crippen LogP contribution is 2.51. The Morgan fingerprint density at radius 1 is 1.50 bits per heavy atom. The van der Waals surface area contributed by atoms with Crippen molar-refractivity contribution in [2.24, 2.45) is 11.3 Å². The van der Waals surface area contributed by atoms with E-state index in [2.05, 4.69) is 21.7 Å². The summed E-state index contributed by atoms with van der Waals surface area (Å²) in [4.78, 5) is 10.9. The molecule has 1 N–H and O–H groups in total. The summed E-state index contributed by atoms with van der Waals surface area (Å²) in [5.74, 6) is 0.269. The second kappa shape index (κ2) is 4.40. The lowest BCUT2D eigenvalue weighted by molar-refractivity contribution is -0.154. The van der Waals surface area contributed by atoms with Gasteiger partial charge in [0.15, 0.2) is 0 Å². The van der Waals surface area contributed by atoms with Crippen molar-refractivity contribution in [1.29, 1.82) is 0 Å². The highest BCUT2D eigenvalue weighted by molar-refractivity contribution is 6.12. The van der Waals surface area contributed by atoms with Crippen molar-refractivity contribution in [1.82, 2.24) is 0 Å². The molecule has 0 aromatic rings. The molecule has 0 aromatic heterocycles. The Bertz CT molecular complexity index is 273. The second-order valence-electron chi connectivity index (χ2n) is 5.97. The fraction of sp³-hybridized carbons (Fsp3) is 0.917. The highest BCUT2D eigenvalue weighted by Gasteiger charge is 2.49. The maximum absolute atomic E-state index is 10.9. The molecular formula is C12H23BO3. The Hall–Kier alpha value is -0.505. The molecular weight excluding hydrogens is 203 g/mol. The van der Waals surface area contributed by atoms with Gasteiger partial charge in [0.25, 0.3) is 0 Å². The van der Waals surface area contributed by atoms with Crippen molar-refractivity contribution in [2.75, 3.05) is 6.61 Å². The monoisotopic (exact) mass is 226 g/mol. The van der Waals surface area contributed by atoms with Crippen LogP contribution in [0.4, 0.5) is 0 Å². The number of hydrogen-bond donors (Lipinski definition) is 1. The normalized spacial score (nSPS) is 38.1. The molecule has 0 saturated heterocycles. The molecule has 0 bridgehead atoms. The first-order chi connectivity index (χ1) is 7.18. The molecule has 0 aromatic carbocycles. The fourth-order valence-corrected chi connectivity index (χ4v) is 2.79. The van der Waals surface area contributed by atoms with E-state index in [1.807, 2.05) is 6.92 Å². The summed E-state index contributed by atoms with van der Waals surface area (Å²) in [7, 11) is 2.20. The van der Waals surface area contributed by atoms with Crippen molar-refractivity contribution >= 4 is 13.8 Å². The van der Waals surface area contributed by atoms with Gasteiger partial charge in [0, 0.05) is 12.8 Å². The van der Waals surface area contributed by atoms with Crippen LogP contribution >= 0.6 is 0 Å². The first-order valence-corrected chi connectivity index (χ1v) is 6.03. The zero-order valence-corrected chi connectivity index (χ0v) is 11.0. The maximum atomic E-state index is 10.9. The van der Waals surface area contributed by atoms with E-state index in [0.717, 1.165) is 12.8 Å². The van der Waals surface area contributed by atoms with E-state index in [9.17, 15) is 9.90 Å². The number of ether oxygens (including phenoxy) is 1. The van der Waals surface area contributed by atoms with E-state index in [-0.39, 0.29) is 17.3 Å². The van der Waals surface area contributed by atoms with Crippen LogP contribution in [0.25, 0.3) is 0 Å². The first-order valence-electron chi connectivity index (χ1n) is 6.03. The fourth-order valence-electron chi connectivity index (χ4n) is 2.79. The summed E-state index contributed by atoms with van der Waals surface area (Å²) in [5.41, 5.74) is -0.733. The lowest BCUT2D eigenvalue weighted by atomic mass is 9.51. The molecule has 0 heterocycles. The SMILES string of the molecule is B[C@H]1CC[C@](C)(O)[C@@H](COC(C)=O)C1(C)C. The molecule has 0 spiro atoms. The minimum Gasteiger partial charge on any atom is -0.465 e. The number of aliphatic hydroxyl groups is 1. The van der Waals surface area contributed by atoms with Crippen molar-refractivity contribution in [3.05, 3.63) is 0 Å². The zero-order valence-electron chi connectivity index (χ0n) is 11.0. The predicted octanol–water partition coefficient (Wildman–Crippen LogP) is 1.16. The molecule has 1 aliphatic carbocycles. The van der Waals surface area contributed by atoms with Gasteiger partial charge in [-0.05, 0) is 18.8 Å². The van der Waals surface area contributed by atoms with Gasteiger partial charge in [-0.25, -0.2) is 0 Å². The van der Waals surface area contributed by atoms with Gasteiger partial charge in [-0.15, -0.1) is 0 Å². The van der Waals surface area contributed by atoms with Crippen molar-refractivity contribution < 1.29 is 14.6 Å². The van der Waals surface area contributed by atoms with Gasteiger partial charge in [-0.1, -0.05) is 26.1 Å². The average Bonchev–Trinajstić information content (AvgIpc) is 2.11. The number of esters is 1. The smallest absolute Gasteiger partial charge is 0.302 e. The van der Waals surface area contributed by atoms with Gasteiger partial charge in [0.1, 0.15) is 7.85 Å². The van der Waals surface area contributed by atoms with Crippen LogP contribution in [0.5, 0.6) is 0 Å². The van der Waals surface area contributed by atoms with Gasteiger partial charge in [0.2, 0.25) is 0 Å². The topological polar surface area (TPSA) is 46.5 Å². The molecule has 1 rings (SSSR count). The van der Waals surface area contributed by atoms with E-state index in [0.29, 0.717) is 12.4 Å². The summed E-state index contributed by atoms with van der Waals surface area (Å²) >= 11 is 0. The average molecular weight is 226 g/mol. The number of rotatable bonds is 2. The van der Waals surface area contributed by atoms with Gasteiger partial charge in [0.05, 0.1) is 12.2 Å². The first kappa shape index (κ1) is 13.6. The molecule has 0 amide bonds. The van der Waals surface area contributed by atoms with Crippen LogP contribution in [-0.2, 0) is 9.53 Å². The summed E-state index contributed by atoms with van der Waals surface area (Å²) in [6, 6.07) is 0. The van der Waals surface area contributed by atoms with Crippen LogP contribution in [0.1, 0.15) is 40.5 Å². The van der Waals surface area contributed by atoms with Crippen LogP contribution in [0, 0.1) is 11.3 Å². The summed E-state index contributed by atoms with van der Waals surface area (Å²) in [6.45, 7) is 7.89. The third-order valence-corrected chi connectivity index (χ3v) is 4.46. The summed E-state index contributed by atoms with van der Waals surface area (Å²) in [6.07, 6.45) is 1.81. The minimum absolute atomic E-state index is 0.00278. The van der Waals surface area contributed by atoms with Gasteiger partial charge >= 0.3 is 5.97 Å². The molecule has 1 aliphatic rings. The Balaban J connectivity index is 2.83. The summed E-state index contributed by atoms with van der Waals surface area (Å²) in [5, 5.41) is 10.4. The molecule has 1 saturated carbocycles. The van der Waals surface area contributed by atoms with Crippen molar-refractivity contribution in [3.8, 4) is 0 Å². The number of carbonyl (C=O) groups excluding carboxylic acids is 1. The number of carbonyl (C=O) groups is 1. The van der Waals surface area contributed by atoms with Crippen LogP contribution in [0.3, 0.4) is 0 Å². The van der Waals surface area contributed by atoms with E-state index < -0.39 is 5.60 Å². The van der Waals surface area contributed by atoms with Crippen LogP contribution in [0.2, 0.25) is 5.82 Å². The zero-order chi connectivity index (χ0) is 12.6. The molecule has 92 valence electrons. The second-order valence-corrected chi connectivity index (χ2v) is 5.97. The van der Waals surface area contributed by atoms with Gasteiger partial charge < -0.3 is 9.84 Å². The van der Waals surface area contributed by atoms with Crippen LogP contribution in [-0.4, -0.2) is 31.1 Å². The van der Waals surface area contributed by atoms with Gasteiger partial charge in [-0.3, -0.25) is 4.79 Å². The molecule has 1 fully saturated rings. The number of hydrogen-bond acceptors (Lipinski definition) is 3. The molecule has 4 heteroatoms. The molecule has 0 aliphatic heterocycles. The largest absolute Gasteiger partial charge is 0.465 e. The van der Waals surface area contributed by atoms with E-state index in [1.54, 1.807) is 0 Å². The minimum atomic E-state index is -0.731. The Kier molecular flexibility index (Phi) is 3.73. The van der Waals surface area contributed by atoms with E-state index >= 15 is 0 Å². The van der Waals surface area contributed by atoms with E-state index in [4.69, 9.17) is 4.74 Å². The van der Waals surface area contributed by atoms with Crippen molar-refractivity contribution in [3.63, 3.8) is 0 Å². The van der Waals surface area contributed by atoms with E-state index in [1.165, 1.54) is 6.92 Å².